The minimum absolute atomic E-state index is 0.0141. The largest absolute Gasteiger partial charge is 0.465 e. The number of hydrogen-bond acceptors (Lipinski definition) is 8. The fourth-order valence-electron chi connectivity index (χ4n) is 3.67. The molecule has 12 nitrogen and oxygen atoms in total. The summed E-state index contributed by atoms with van der Waals surface area (Å²) in [6, 6.07) is 11.7. The predicted octanol–water partition coefficient (Wildman–Crippen LogP) is 3.41. The highest BCUT2D eigenvalue weighted by Crippen LogP contribution is 2.41. The van der Waals surface area contributed by atoms with E-state index in [2.05, 4.69) is 14.8 Å². The monoisotopic (exact) mass is 453 g/mol. The molecule has 2 aromatic rings. The molecule has 1 saturated heterocycles. The van der Waals surface area contributed by atoms with E-state index >= 15 is 0 Å². The van der Waals surface area contributed by atoms with Crippen molar-refractivity contribution in [1.82, 2.24) is 0 Å². The first kappa shape index (κ1) is 23.2. The summed E-state index contributed by atoms with van der Waals surface area (Å²) in [7, 11) is 1.14. The minimum Gasteiger partial charge on any atom is -0.465 e. The minimum atomic E-state index is -1.34. The average Bonchev–Trinajstić information content (AvgIpc) is 3.16. The number of carbonyl (C=O) groups is 3. The Labute approximate surface area is 187 Å². The Kier molecular flexibility index (Phi) is 6.89. The lowest BCUT2D eigenvalue weighted by Gasteiger charge is -2.36. The van der Waals surface area contributed by atoms with Crippen LogP contribution in [0.5, 0.6) is 0 Å². The van der Waals surface area contributed by atoms with Gasteiger partial charge >= 0.3 is 11.9 Å². The number of methoxy groups -OCH3 is 1. The number of nitro benzene ring substituents is 1. The number of azide groups is 1. The van der Waals surface area contributed by atoms with Gasteiger partial charge in [-0.15, -0.1) is 0 Å². The summed E-state index contributed by atoms with van der Waals surface area (Å²) in [5.41, 5.74) is 7.10. The van der Waals surface area contributed by atoms with Crippen molar-refractivity contribution in [2.75, 3.05) is 25.2 Å². The Morgan fingerprint density at radius 2 is 1.94 bits per heavy atom. The quantitative estimate of drug-likeness (QED) is 0.147. The molecular formula is C21H19N5O7. The van der Waals surface area contributed by atoms with Gasteiger partial charge in [0.2, 0.25) is 5.91 Å². The zero-order valence-electron chi connectivity index (χ0n) is 17.5. The van der Waals surface area contributed by atoms with Crippen molar-refractivity contribution in [3.05, 3.63) is 80.2 Å². The van der Waals surface area contributed by atoms with Gasteiger partial charge in [0.15, 0.2) is 0 Å². The number of carbonyl (C=O) groups excluding carboxylic acids is 3. The van der Waals surface area contributed by atoms with Gasteiger partial charge in [0.25, 0.3) is 5.69 Å². The van der Waals surface area contributed by atoms with E-state index in [1.807, 2.05) is 0 Å². The van der Waals surface area contributed by atoms with E-state index < -0.39 is 34.0 Å². The number of ether oxygens (including phenoxy) is 2. The average molecular weight is 453 g/mol. The molecule has 1 heterocycles. The van der Waals surface area contributed by atoms with Crippen LogP contribution in [0.2, 0.25) is 0 Å². The van der Waals surface area contributed by atoms with Crippen molar-refractivity contribution < 1.29 is 28.8 Å². The molecule has 0 N–H and O–H groups in total. The molecule has 0 spiro atoms. The van der Waals surface area contributed by atoms with Crippen LogP contribution in [0.25, 0.3) is 10.4 Å². The third-order valence-electron chi connectivity index (χ3n) is 5.27. The van der Waals surface area contributed by atoms with Crippen LogP contribution in [-0.2, 0) is 14.3 Å². The molecule has 170 valence electrons. The van der Waals surface area contributed by atoms with Crippen LogP contribution >= 0.6 is 0 Å². The second-order valence-corrected chi connectivity index (χ2v) is 7.24. The highest BCUT2D eigenvalue weighted by atomic mass is 16.6. The number of anilines is 1. The topological polar surface area (TPSA) is 165 Å². The number of hydrogen-bond donors (Lipinski definition) is 0. The molecular weight excluding hydrogens is 434 g/mol. The fraction of sp³-hybridized carbons (Fsp3) is 0.286. The first-order valence-corrected chi connectivity index (χ1v) is 9.76. The Hall–Kier alpha value is -4.44. The van der Waals surface area contributed by atoms with Crippen molar-refractivity contribution in [1.29, 1.82) is 0 Å². The van der Waals surface area contributed by atoms with E-state index in [4.69, 9.17) is 10.3 Å². The van der Waals surface area contributed by atoms with Crippen LogP contribution in [-0.4, -0.2) is 48.6 Å². The number of amides is 1. The molecule has 3 rings (SSSR count). The molecule has 0 aliphatic carbocycles. The first-order valence-electron chi connectivity index (χ1n) is 9.76. The maximum Gasteiger partial charge on any atom is 0.338 e. The Morgan fingerprint density at radius 1 is 1.21 bits per heavy atom. The van der Waals surface area contributed by atoms with Crippen LogP contribution in [0, 0.1) is 10.1 Å². The highest BCUT2D eigenvalue weighted by molar-refractivity contribution is 6.01. The zero-order chi connectivity index (χ0) is 24.0. The molecule has 2 aromatic carbocycles. The van der Waals surface area contributed by atoms with Gasteiger partial charge < -0.3 is 9.47 Å². The number of nitrogens with zero attached hydrogens (tertiary/aromatic N) is 5. The lowest BCUT2D eigenvalue weighted by Crippen LogP contribution is -2.52. The van der Waals surface area contributed by atoms with Crippen molar-refractivity contribution in [2.24, 2.45) is 5.11 Å². The summed E-state index contributed by atoms with van der Waals surface area (Å²) in [6.07, 6.45) is 0.114. The lowest BCUT2D eigenvalue weighted by molar-refractivity contribution is -0.384. The second kappa shape index (κ2) is 9.79. The maximum absolute atomic E-state index is 12.9. The number of benzene rings is 2. The van der Waals surface area contributed by atoms with Crippen LogP contribution in [0.1, 0.15) is 33.6 Å². The van der Waals surface area contributed by atoms with Crippen LogP contribution in [0.15, 0.2) is 53.6 Å². The third-order valence-corrected chi connectivity index (χ3v) is 5.27. The van der Waals surface area contributed by atoms with Gasteiger partial charge in [0, 0.05) is 17.4 Å². The molecule has 1 amide bonds. The molecule has 33 heavy (non-hydrogen) atoms. The number of rotatable bonds is 8. The molecule has 0 bridgehead atoms. The molecule has 0 aromatic heterocycles. The molecule has 1 aliphatic rings. The molecule has 1 aliphatic heterocycles. The van der Waals surface area contributed by atoms with E-state index in [1.165, 1.54) is 12.1 Å². The fourth-order valence-corrected chi connectivity index (χ4v) is 3.67. The van der Waals surface area contributed by atoms with Gasteiger partial charge in [-0.1, -0.05) is 23.3 Å². The predicted molar refractivity (Wildman–Crippen MR) is 115 cm³/mol. The molecule has 0 saturated carbocycles. The first-order chi connectivity index (χ1) is 15.8. The molecule has 1 atom stereocenters. The van der Waals surface area contributed by atoms with Gasteiger partial charge in [-0.25, -0.2) is 9.59 Å². The van der Waals surface area contributed by atoms with Gasteiger partial charge in [0.1, 0.15) is 12.3 Å². The normalized spacial score (nSPS) is 17.2. The van der Waals surface area contributed by atoms with Gasteiger partial charge in [-0.3, -0.25) is 19.8 Å². The smallest absolute Gasteiger partial charge is 0.338 e. The van der Waals surface area contributed by atoms with Gasteiger partial charge in [-0.2, -0.15) is 0 Å². The van der Waals surface area contributed by atoms with Gasteiger partial charge in [0.05, 0.1) is 35.2 Å². The molecule has 1 unspecified atom stereocenters. The van der Waals surface area contributed by atoms with Gasteiger partial charge in [-0.05, 0) is 36.2 Å². The van der Waals surface area contributed by atoms with Crippen molar-refractivity contribution >= 4 is 29.2 Å². The molecule has 0 radical (unpaired) electrons. The van der Waals surface area contributed by atoms with Crippen LogP contribution in [0.3, 0.4) is 0 Å². The van der Waals surface area contributed by atoms with Crippen molar-refractivity contribution in [2.45, 2.75) is 18.4 Å². The van der Waals surface area contributed by atoms with Crippen molar-refractivity contribution in [3.8, 4) is 0 Å². The zero-order valence-corrected chi connectivity index (χ0v) is 17.5. The van der Waals surface area contributed by atoms with E-state index in [0.717, 1.165) is 18.1 Å². The Morgan fingerprint density at radius 3 is 2.58 bits per heavy atom. The molecule has 12 heteroatoms. The SMILES string of the molecule is COC(=O)c1ccc(N2C(=O)CCC2(CN=[N+]=[N-])COC(=O)c2ccccc2)c([N+](=O)[O-])c1. The number of nitro groups is 1. The number of esters is 2. The summed E-state index contributed by atoms with van der Waals surface area (Å²) in [5.74, 6) is -1.92. The Balaban J connectivity index is 2.03. The Bertz CT molecular complexity index is 1150. The summed E-state index contributed by atoms with van der Waals surface area (Å²) >= 11 is 0. The third kappa shape index (κ3) is 4.75. The van der Waals surface area contributed by atoms with E-state index in [0.29, 0.717) is 0 Å². The summed E-state index contributed by atoms with van der Waals surface area (Å²) in [5, 5.41) is 15.3. The standard InChI is InChI=1S/C21H19N5O7/c1-32-19(28)15-7-8-16(17(11-15)26(30)31)25-18(27)9-10-21(25,12-23-24-22)13-33-20(29)14-5-3-2-4-6-14/h2-8,11H,9-10,12-13H2,1H3. The van der Waals surface area contributed by atoms with Crippen molar-refractivity contribution in [3.63, 3.8) is 0 Å². The van der Waals surface area contributed by atoms with Crippen LogP contribution < -0.4 is 4.90 Å². The maximum atomic E-state index is 12.9. The summed E-state index contributed by atoms with van der Waals surface area (Å²) in [6.45, 7) is -0.644. The second-order valence-electron chi connectivity index (χ2n) is 7.24. The van der Waals surface area contributed by atoms with E-state index in [1.54, 1.807) is 30.3 Å². The van der Waals surface area contributed by atoms with E-state index in [9.17, 15) is 24.5 Å². The lowest BCUT2D eigenvalue weighted by atomic mass is 9.96. The van der Waals surface area contributed by atoms with E-state index in [-0.39, 0.29) is 42.8 Å². The van der Waals surface area contributed by atoms with Crippen LogP contribution in [0.4, 0.5) is 11.4 Å². The summed E-state index contributed by atoms with van der Waals surface area (Å²) < 4.78 is 10.0. The summed E-state index contributed by atoms with van der Waals surface area (Å²) in [4.78, 5) is 52.1. The highest BCUT2D eigenvalue weighted by Gasteiger charge is 2.49. The molecule has 1 fully saturated rings.